The Bertz CT molecular complexity index is 405. The Morgan fingerprint density at radius 3 is 3.11 bits per heavy atom. The second kappa shape index (κ2) is 6.06. The van der Waals surface area contributed by atoms with Crippen LogP contribution in [0.3, 0.4) is 0 Å². The van der Waals surface area contributed by atoms with Crippen LogP contribution < -0.4 is 5.32 Å². The van der Waals surface area contributed by atoms with Gasteiger partial charge in [-0.3, -0.25) is 4.79 Å². The molecule has 0 aliphatic carbocycles. The molecule has 0 saturated carbocycles. The summed E-state index contributed by atoms with van der Waals surface area (Å²) in [6, 6.07) is 0.139. The number of nitrogens with zero attached hydrogens (tertiary/aromatic N) is 3. The summed E-state index contributed by atoms with van der Waals surface area (Å²) in [5.74, 6) is 0.859. The van der Waals surface area contributed by atoms with Crippen LogP contribution in [-0.4, -0.2) is 46.3 Å². The van der Waals surface area contributed by atoms with Gasteiger partial charge in [0.05, 0.1) is 25.6 Å². The molecule has 2 unspecified atom stereocenters. The first kappa shape index (κ1) is 13.2. The first-order valence-electron chi connectivity index (χ1n) is 6.46. The Labute approximate surface area is 107 Å². The zero-order valence-corrected chi connectivity index (χ0v) is 10.9. The summed E-state index contributed by atoms with van der Waals surface area (Å²) >= 11 is 0. The molecule has 0 bridgehead atoms. The fraction of sp³-hybridized carbons (Fsp3) is 0.750. The molecule has 2 rings (SSSR count). The molecule has 18 heavy (non-hydrogen) atoms. The molecule has 2 heterocycles. The van der Waals surface area contributed by atoms with Crippen molar-refractivity contribution in [2.75, 3.05) is 19.8 Å². The number of rotatable bonds is 6. The lowest BCUT2D eigenvalue weighted by Gasteiger charge is -2.16. The van der Waals surface area contributed by atoms with E-state index in [1.807, 2.05) is 13.8 Å². The van der Waals surface area contributed by atoms with Crippen molar-refractivity contribution in [1.82, 2.24) is 20.1 Å². The average molecular weight is 252 g/mol. The van der Waals surface area contributed by atoms with Crippen LogP contribution in [0.2, 0.25) is 0 Å². The maximum atomic E-state index is 12.3. The average Bonchev–Trinajstić information content (AvgIpc) is 2.98. The fourth-order valence-corrected chi connectivity index (χ4v) is 2.31. The van der Waals surface area contributed by atoms with Crippen molar-refractivity contribution < 1.29 is 9.53 Å². The zero-order valence-electron chi connectivity index (χ0n) is 10.9. The highest BCUT2D eigenvalue weighted by molar-refractivity contribution is 5.83. The first-order chi connectivity index (χ1) is 8.76. The molecule has 1 fully saturated rings. The normalized spacial score (nSPS) is 23.4. The minimum Gasteiger partial charge on any atom is -0.379 e. The van der Waals surface area contributed by atoms with Gasteiger partial charge in [0.1, 0.15) is 17.9 Å². The predicted molar refractivity (Wildman–Crippen MR) is 66.2 cm³/mol. The number of ketones is 1. The van der Waals surface area contributed by atoms with E-state index >= 15 is 0 Å². The fourth-order valence-electron chi connectivity index (χ4n) is 2.31. The number of carbonyl (C=O) groups excluding carboxylic acids is 1. The zero-order chi connectivity index (χ0) is 13.0. The molecule has 1 aliphatic heterocycles. The van der Waals surface area contributed by atoms with Crippen LogP contribution in [0.5, 0.6) is 0 Å². The number of aryl methyl sites for hydroxylation is 1. The van der Waals surface area contributed by atoms with Gasteiger partial charge in [0.2, 0.25) is 0 Å². The van der Waals surface area contributed by atoms with E-state index < -0.39 is 0 Å². The van der Waals surface area contributed by atoms with Crippen LogP contribution in [0.4, 0.5) is 0 Å². The van der Waals surface area contributed by atoms with E-state index in [2.05, 4.69) is 15.4 Å². The summed E-state index contributed by atoms with van der Waals surface area (Å²) in [6.45, 7) is 6.74. The van der Waals surface area contributed by atoms with E-state index in [-0.39, 0.29) is 17.7 Å². The van der Waals surface area contributed by atoms with Crippen LogP contribution in [0, 0.1) is 5.92 Å². The summed E-state index contributed by atoms with van der Waals surface area (Å²) in [4.78, 5) is 16.4. The number of hydrogen-bond donors (Lipinski definition) is 1. The Kier molecular flexibility index (Phi) is 4.43. The molecule has 0 amide bonds. The topological polar surface area (TPSA) is 69.0 Å². The SMILES string of the molecule is CCNC1COCC1C(=O)Cc1ncnn1CC. The minimum absolute atomic E-state index is 0.0630. The Hall–Kier alpha value is -1.27. The summed E-state index contributed by atoms with van der Waals surface area (Å²) in [5.41, 5.74) is 0. The van der Waals surface area contributed by atoms with Crippen molar-refractivity contribution in [3.8, 4) is 0 Å². The molecule has 1 aromatic rings. The predicted octanol–water partition coefficient (Wildman–Crippen LogP) is 0.0341. The van der Waals surface area contributed by atoms with Gasteiger partial charge in [0.25, 0.3) is 0 Å². The molecule has 2 atom stereocenters. The van der Waals surface area contributed by atoms with Gasteiger partial charge < -0.3 is 10.1 Å². The van der Waals surface area contributed by atoms with Crippen molar-refractivity contribution in [3.63, 3.8) is 0 Å². The van der Waals surface area contributed by atoms with Gasteiger partial charge >= 0.3 is 0 Å². The number of aromatic nitrogens is 3. The van der Waals surface area contributed by atoms with Crippen LogP contribution in [0.25, 0.3) is 0 Å². The Morgan fingerprint density at radius 1 is 1.56 bits per heavy atom. The van der Waals surface area contributed by atoms with Crippen LogP contribution in [0.1, 0.15) is 19.7 Å². The van der Waals surface area contributed by atoms with Gasteiger partial charge in [-0.25, -0.2) is 9.67 Å². The standard InChI is InChI=1S/C12H20N4O2/c1-3-13-10-7-18-6-9(10)11(17)5-12-14-8-15-16(12)4-2/h8-10,13H,3-7H2,1-2H3. The van der Waals surface area contributed by atoms with Crippen LogP contribution >= 0.6 is 0 Å². The highest BCUT2D eigenvalue weighted by Gasteiger charge is 2.33. The maximum absolute atomic E-state index is 12.3. The second-order valence-electron chi connectivity index (χ2n) is 4.44. The van der Waals surface area contributed by atoms with Crippen LogP contribution in [0.15, 0.2) is 6.33 Å². The highest BCUT2D eigenvalue weighted by Crippen LogP contribution is 2.16. The van der Waals surface area contributed by atoms with Gasteiger partial charge in [-0.2, -0.15) is 5.10 Å². The summed E-state index contributed by atoms with van der Waals surface area (Å²) in [5, 5.41) is 7.37. The smallest absolute Gasteiger partial charge is 0.147 e. The minimum atomic E-state index is -0.0630. The van der Waals surface area contributed by atoms with E-state index in [0.717, 1.165) is 18.9 Å². The monoisotopic (exact) mass is 252 g/mol. The molecule has 1 N–H and O–H groups in total. The number of hydrogen-bond acceptors (Lipinski definition) is 5. The summed E-state index contributed by atoms with van der Waals surface area (Å²) < 4.78 is 7.15. The molecule has 1 saturated heterocycles. The molecule has 100 valence electrons. The van der Waals surface area contributed by atoms with Gasteiger partial charge in [-0.15, -0.1) is 0 Å². The van der Waals surface area contributed by atoms with Crippen molar-refractivity contribution in [2.45, 2.75) is 32.9 Å². The van der Waals surface area contributed by atoms with Crippen LogP contribution in [-0.2, 0) is 22.5 Å². The van der Waals surface area contributed by atoms with Gasteiger partial charge in [0, 0.05) is 12.6 Å². The van der Waals surface area contributed by atoms with Crippen molar-refractivity contribution in [1.29, 1.82) is 0 Å². The maximum Gasteiger partial charge on any atom is 0.147 e. The van der Waals surface area contributed by atoms with E-state index in [1.165, 1.54) is 6.33 Å². The lowest BCUT2D eigenvalue weighted by molar-refractivity contribution is -0.122. The number of nitrogens with one attached hydrogen (secondary N) is 1. The largest absolute Gasteiger partial charge is 0.379 e. The third kappa shape index (κ3) is 2.76. The van der Waals surface area contributed by atoms with Gasteiger partial charge in [-0.1, -0.05) is 6.92 Å². The highest BCUT2D eigenvalue weighted by atomic mass is 16.5. The van der Waals surface area contributed by atoms with Crippen molar-refractivity contribution >= 4 is 5.78 Å². The van der Waals surface area contributed by atoms with Gasteiger partial charge in [-0.05, 0) is 13.5 Å². The molecule has 0 aromatic carbocycles. The Balaban J connectivity index is 1.99. The lowest BCUT2D eigenvalue weighted by Crippen LogP contribution is -2.39. The summed E-state index contributed by atoms with van der Waals surface area (Å²) in [6.07, 6.45) is 1.84. The number of ether oxygens (including phenoxy) is 1. The molecule has 0 radical (unpaired) electrons. The third-order valence-electron chi connectivity index (χ3n) is 3.29. The van der Waals surface area contributed by atoms with E-state index in [4.69, 9.17) is 4.74 Å². The number of carbonyl (C=O) groups is 1. The molecule has 6 nitrogen and oxygen atoms in total. The number of Topliss-reactive ketones (excluding diaryl/α,β-unsaturated/α-hetero) is 1. The Morgan fingerprint density at radius 2 is 2.39 bits per heavy atom. The van der Waals surface area contributed by atoms with Crippen molar-refractivity contribution in [3.05, 3.63) is 12.2 Å². The molecule has 1 aromatic heterocycles. The molecule has 1 aliphatic rings. The van der Waals surface area contributed by atoms with Crippen molar-refractivity contribution in [2.24, 2.45) is 5.92 Å². The molecular weight excluding hydrogens is 232 g/mol. The van der Waals surface area contributed by atoms with E-state index in [9.17, 15) is 4.79 Å². The molecule has 6 heteroatoms. The second-order valence-corrected chi connectivity index (χ2v) is 4.44. The van der Waals surface area contributed by atoms with E-state index in [0.29, 0.717) is 19.6 Å². The summed E-state index contributed by atoms with van der Waals surface area (Å²) in [7, 11) is 0. The lowest BCUT2D eigenvalue weighted by atomic mass is 9.96. The van der Waals surface area contributed by atoms with Gasteiger partial charge in [0.15, 0.2) is 0 Å². The quantitative estimate of drug-likeness (QED) is 0.774. The first-order valence-corrected chi connectivity index (χ1v) is 6.46. The van der Waals surface area contributed by atoms with E-state index in [1.54, 1.807) is 4.68 Å². The third-order valence-corrected chi connectivity index (χ3v) is 3.29. The molecular formula is C12H20N4O2. The molecule has 0 spiro atoms. The number of likely N-dealkylation sites (N-methyl/N-ethyl adjacent to an activating group) is 1.